The minimum absolute atomic E-state index is 0. The number of nitrogens with zero attached hydrogens (tertiary/aromatic N) is 3. The highest BCUT2D eigenvalue weighted by molar-refractivity contribution is 14.0. The molecule has 0 radical (unpaired) electrons. The SMILES string of the molecule is CCNC(=NCc1ccc(CN(C)C)cc1)N1CCC(OCCCOC)CC1.I. The summed E-state index contributed by atoms with van der Waals surface area (Å²) in [5, 5.41) is 3.45. The molecule has 0 bridgehead atoms. The number of likely N-dealkylation sites (tertiary alicyclic amines) is 1. The van der Waals surface area contributed by atoms with Gasteiger partial charge >= 0.3 is 0 Å². The van der Waals surface area contributed by atoms with Gasteiger partial charge in [-0.05, 0) is 51.4 Å². The van der Waals surface area contributed by atoms with Crippen molar-refractivity contribution in [2.75, 3.05) is 54.1 Å². The normalized spacial score (nSPS) is 15.5. The van der Waals surface area contributed by atoms with Gasteiger partial charge in [0.05, 0.1) is 12.6 Å². The van der Waals surface area contributed by atoms with Gasteiger partial charge in [-0.3, -0.25) is 0 Å². The van der Waals surface area contributed by atoms with Crippen molar-refractivity contribution in [2.24, 2.45) is 4.99 Å². The molecule has 166 valence electrons. The lowest BCUT2D eigenvalue weighted by atomic mass is 10.1. The third kappa shape index (κ3) is 10.1. The summed E-state index contributed by atoms with van der Waals surface area (Å²) < 4.78 is 11.0. The fraction of sp³-hybridized carbons (Fsp3) is 0.682. The summed E-state index contributed by atoms with van der Waals surface area (Å²) in [6, 6.07) is 8.77. The van der Waals surface area contributed by atoms with Gasteiger partial charge in [0.15, 0.2) is 5.96 Å². The van der Waals surface area contributed by atoms with Crippen LogP contribution in [0, 0.1) is 0 Å². The Morgan fingerprint density at radius 2 is 1.79 bits per heavy atom. The van der Waals surface area contributed by atoms with Crippen LogP contribution in [0.5, 0.6) is 0 Å². The Morgan fingerprint density at radius 1 is 1.14 bits per heavy atom. The van der Waals surface area contributed by atoms with Crippen molar-refractivity contribution in [3.63, 3.8) is 0 Å². The summed E-state index contributed by atoms with van der Waals surface area (Å²) in [4.78, 5) is 9.42. The van der Waals surface area contributed by atoms with Crippen LogP contribution >= 0.6 is 24.0 Å². The topological polar surface area (TPSA) is 49.3 Å². The molecule has 1 N–H and O–H groups in total. The zero-order valence-electron chi connectivity index (χ0n) is 18.5. The summed E-state index contributed by atoms with van der Waals surface area (Å²) in [6.45, 7) is 8.21. The molecule has 0 saturated carbocycles. The number of rotatable bonds is 10. The lowest BCUT2D eigenvalue weighted by Gasteiger charge is -2.34. The second-order valence-electron chi connectivity index (χ2n) is 7.63. The van der Waals surface area contributed by atoms with Crippen LogP contribution in [0.2, 0.25) is 0 Å². The Hall–Kier alpha value is -0.900. The molecule has 0 aromatic heterocycles. The number of nitrogens with one attached hydrogen (secondary N) is 1. The van der Waals surface area contributed by atoms with Crippen molar-refractivity contribution in [1.29, 1.82) is 0 Å². The standard InChI is InChI=1S/C22H38N4O2.HI/c1-5-23-22(24-17-19-7-9-20(10-8-19)18-25(2)3)26-13-11-21(12-14-26)28-16-6-15-27-4;/h7-10,21H,5-6,11-18H2,1-4H3,(H,23,24);1H. The molecule has 0 spiro atoms. The zero-order valence-corrected chi connectivity index (χ0v) is 20.9. The summed E-state index contributed by atoms with van der Waals surface area (Å²) in [5.41, 5.74) is 2.58. The van der Waals surface area contributed by atoms with Gasteiger partial charge in [-0.25, -0.2) is 4.99 Å². The van der Waals surface area contributed by atoms with Crippen LogP contribution in [-0.2, 0) is 22.6 Å². The molecule has 2 rings (SSSR count). The van der Waals surface area contributed by atoms with Gasteiger partial charge < -0.3 is 24.6 Å². The number of benzene rings is 1. The number of ether oxygens (including phenoxy) is 2. The summed E-state index contributed by atoms with van der Waals surface area (Å²) in [6.07, 6.45) is 3.43. The molecule has 0 amide bonds. The maximum absolute atomic E-state index is 5.97. The minimum atomic E-state index is 0. The van der Waals surface area contributed by atoms with Crippen LogP contribution in [0.25, 0.3) is 0 Å². The molecule has 0 atom stereocenters. The molecule has 0 aliphatic carbocycles. The van der Waals surface area contributed by atoms with E-state index in [0.717, 1.165) is 64.6 Å². The Kier molecular flexibility index (Phi) is 13.5. The van der Waals surface area contributed by atoms with E-state index in [4.69, 9.17) is 14.5 Å². The van der Waals surface area contributed by atoms with E-state index in [1.807, 2.05) is 0 Å². The Labute approximate surface area is 194 Å². The molecule has 1 heterocycles. The van der Waals surface area contributed by atoms with Crippen molar-refractivity contribution < 1.29 is 9.47 Å². The monoisotopic (exact) mass is 518 g/mol. The lowest BCUT2D eigenvalue weighted by Crippen LogP contribution is -2.47. The third-order valence-corrected chi connectivity index (χ3v) is 4.86. The predicted octanol–water partition coefficient (Wildman–Crippen LogP) is 3.35. The zero-order chi connectivity index (χ0) is 20.2. The quantitative estimate of drug-likeness (QED) is 0.223. The van der Waals surface area contributed by atoms with Crippen molar-refractivity contribution in [3.05, 3.63) is 35.4 Å². The number of hydrogen-bond donors (Lipinski definition) is 1. The lowest BCUT2D eigenvalue weighted by molar-refractivity contribution is 0.00990. The summed E-state index contributed by atoms with van der Waals surface area (Å²) >= 11 is 0. The first-order chi connectivity index (χ1) is 13.6. The van der Waals surface area contributed by atoms with E-state index in [1.165, 1.54) is 11.1 Å². The number of methoxy groups -OCH3 is 1. The van der Waals surface area contributed by atoms with Crippen molar-refractivity contribution in [2.45, 2.75) is 45.4 Å². The highest BCUT2D eigenvalue weighted by Gasteiger charge is 2.21. The average molecular weight is 518 g/mol. The van der Waals surface area contributed by atoms with Crippen LogP contribution in [-0.4, -0.2) is 75.9 Å². The largest absolute Gasteiger partial charge is 0.385 e. The molecule has 1 aromatic carbocycles. The van der Waals surface area contributed by atoms with Gasteiger partial charge in [0, 0.05) is 46.5 Å². The van der Waals surface area contributed by atoms with Crippen molar-refractivity contribution >= 4 is 29.9 Å². The molecule has 1 aliphatic rings. The minimum Gasteiger partial charge on any atom is -0.385 e. The summed E-state index contributed by atoms with van der Waals surface area (Å²) in [7, 11) is 5.92. The van der Waals surface area contributed by atoms with Gasteiger partial charge in [0.25, 0.3) is 0 Å². The maximum Gasteiger partial charge on any atom is 0.194 e. The number of hydrogen-bond acceptors (Lipinski definition) is 4. The van der Waals surface area contributed by atoms with Crippen LogP contribution in [0.1, 0.15) is 37.3 Å². The smallest absolute Gasteiger partial charge is 0.194 e. The van der Waals surface area contributed by atoms with Gasteiger partial charge in [0.1, 0.15) is 0 Å². The molecule has 7 heteroatoms. The van der Waals surface area contributed by atoms with E-state index in [-0.39, 0.29) is 24.0 Å². The first-order valence-corrected chi connectivity index (χ1v) is 10.5. The molecular weight excluding hydrogens is 479 g/mol. The Bertz CT molecular complexity index is 573. The van der Waals surface area contributed by atoms with Gasteiger partial charge in [-0.1, -0.05) is 24.3 Å². The molecule has 6 nitrogen and oxygen atoms in total. The second kappa shape index (κ2) is 15.0. The molecule has 1 fully saturated rings. The molecule has 1 aromatic rings. The summed E-state index contributed by atoms with van der Waals surface area (Å²) in [5.74, 6) is 1.01. The highest BCUT2D eigenvalue weighted by atomic mass is 127. The van der Waals surface area contributed by atoms with Crippen LogP contribution in [0.3, 0.4) is 0 Å². The maximum atomic E-state index is 5.97. The third-order valence-electron chi connectivity index (χ3n) is 4.86. The van der Waals surface area contributed by atoms with Crippen molar-refractivity contribution in [3.8, 4) is 0 Å². The Balaban J connectivity index is 0.00000420. The van der Waals surface area contributed by atoms with E-state index < -0.39 is 0 Å². The molecule has 0 unspecified atom stereocenters. The van der Waals surface area contributed by atoms with Gasteiger partial charge in [0.2, 0.25) is 0 Å². The van der Waals surface area contributed by atoms with E-state index in [1.54, 1.807) is 7.11 Å². The molecule has 1 saturated heterocycles. The van der Waals surface area contributed by atoms with E-state index in [2.05, 4.69) is 60.4 Å². The number of halogens is 1. The first-order valence-electron chi connectivity index (χ1n) is 10.5. The molecular formula is C22H39IN4O2. The van der Waals surface area contributed by atoms with Gasteiger partial charge in [-0.2, -0.15) is 0 Å². The Morgan fingerprint density at radius 3 is 2.38 bits per heavy atom. The van der Waals surface area contributed by atoms with Crippen LogP contribution in [0.4, 0.5) is 0 Å². The van der Waals surface area contributed by atoms with Crippen LogP contribution in [0.15, 0.2) is 29.3 Å². The highest BCUT2D eigenvalue weighted by Crippen LogP contribution is 2.15. The molecule has 1 aliphatic heterocycles. The molecule has 29 heavy (non-hydrogen) atoms. The van der Waals surface area contributed by atoms with E-state index in [9.17, 15) is 0 Å². The number of piperidine rings is 1. The predicted molar refractivity (Wildman–Crippen MR) is 131 cm³/mol. The number of aliphatic imine (C=N–C) groups is 1. The fourth-order valence-electron chi connectivity index (χ4n) is 3.39. The second-order valence-corrected chi connectivity index (χ2v) is 7.63. The fourth-order valence-corrected chi connectivity index (χ4v) is 3.39. The van der Waals surface area contributed by atoms with E-state index in [0.29, 0.717) is 12.6 Å². The number of guanidine groups is 1. The van der Waals surface area contributed by atoms with Crippen molar-refractivity contribution in [1.82, 2.24) is 15.1 Å². The first kappa shape index (κ1) is 26.1. The van der Waals surface area contributed by atoms with Crippen LogP contribution < -0.4 is 5.32 Å². The van der Waals surface area contributed by atoms with E-state index >= 15 is 0 Å². The average Bonchev–Trinajstić information content (AvgIpc) is 2.70. The van der Waals surface area contributed by atoms with Gasteiger partial charge in [-0.15, -0.1) is 24.0 Å².